The Hall–Kier alpha value is -2.87. The van der Waals surface area contributed by atoms with E-state index in [9.17, 15) is 27.9 Å². The van der Waals surface area contributed by atoms with Gasteiger partial charge in [-0.1, -0.05) is 31.4 Å². The summed E-state index contributed by atoms with van der Waals surface area (Å²) in [6.45, 7) is -0.386. The molecule has 0 heterocycles. The summed E-state index contributed by atoms with van der Waals surface area (Å²) in [5.74, 6) is -1.54. The van der Waals surface area contributed by atoms with Crippen LogP contribution in [0.1, 0.15) is 48.0 Å². The van der Waals surface area contributed by atoms with Crippen LogP contribution < -0.4 is 4.74 Å². The van der Waals surface area contributed by atoms with Crippen molar-refractivity contribution >= 4 is 11.8 Å². The Balaban J connectivity index is 2.09. The first-order chi connectivity index (χ1) is 14.7. The molecule has 0 aliphatic heterocycles. The highest BCUT2D eigenvalue weighted by Crippen LogP contribution is 2.41. The molecular formula is C23H23F3O5. The maximum atomic E-state index is 13.3. The second kappa shape index (κ2) is 9.09. The van der Waals surface area contributed by atoms with Gasteiger partial charge < -0.3 is 14.9 Å². The summed E-state index contributed by atoms with van der Waals surface area (Å²) in [7, 11) is 0. The Morgan fingerprint density at radius 2 is 1.74 bits per heavy atom. The third kappa shape index (κ3) is 4.74. The number of halogens is 3. The van der Waals surface area contributed by atoms with Crippen molar-refractivity contribution in [2.24, 2.45) is 5.41 Å². The molecule has 1 fully saturated rings. The van der Waals surface area contributed by atoms with Crippen molar-refractivity contribution in [1.29, 1.82) is 0 Å². The molecule has 0 aromatic heterocycles. The van der Waals surface area contributed by atoms with Crippen LogP contribution in [0.25, 0.3) is 11.1 Å². The van der Waals surface area contributed by atoms with Crippen LogP contribution in [0.15, 0.2) is 42.5 Å². The number of ether oxygens (including phenoxy) is 1. The number of ketones is 1. The predicted octanol–water partition coefficient (Wildman–Crippen LogP) is 4.96. The maximum absolute atomic E-state index is 13.3. The maximum Gasteiger partial charge on any atom is 0.416 e. The van der Waals surface area contributed by atoms with E-state index in [2.05, 4.69) is 0 Å². The summed E-state index contributed by atoms with van der Waals surface area (Å²) in [6.07, 6.45) is -2.01. The number of aliphatic carboxylic acids is 1. The molecule has 8 heteroatoms. The Morgan fingerprint density at radius 3 is 2.35 bits per heavy atom. The zero-order valence-electron chi connectivity index (χ0n) is 16.7. The number of carboxylic acid groups (broad SMARTS) is 1. The predicted molar refractivity (Wildman–Crippen MR) is 107 cm³/mol. The number of Topliss-reactive ketones (excluding diaryl/α,β-unsaturated/α-hetero) is 1. The summed E-state index contributed by atoms with van der Waals surface area (Å²) < 4.78 is 45.0. The molecule has 31 heavy (non-hydrogen) atoms. The molecule has 0 spiro atoms. The molecule has 3 rings (SSSR count). The van der Waals surface area contributed by atoms with Gasteiger partial charge in [0.1, 0.15) is 17.8 Å². The third-order valence-electron chi connectivity index (χ3n) is 5.64. The van der Waals surface area contributed by atoms with E-state index in [1.165, 1.54) is 30.3 Å². The van der Waals surface area contributed by atoms with Gasteiger partial charge in [-0.05, 0) is 48.7 Å². The Kier molecular flexibility index (Phi) is 6.69. The first-order valence-corrected chi connectivity index (χ1v) is 10.0. The lowest BCUT2D eigenvalue weighted by Crippen LogP contribution is -2.41. The Labute approximate surface area is 177 Å². The molecule has 2 aromatic carbocycles. The van der Waals surface area contributed by atoms with Crippen LogP contribution in [0, 0.1) is 5.41 Å². The van der Waals surface area contributed by atoms with Gasteiger partial charge in [-0.3, -0.25) is 9.59 Å². The Morgan fingerprint density at radius 1 is 1.03 bits per heavy atom. The second-order valence-corrected chi connectivity index (χ2v) is 7.64. The molecule has 166 valence electrons. The van der Waals surface area contributed by atoms with Gasteiger partial charge in [0, 0.05) is 11.1 Å². The molecule has 1 aliphatic rings. The summed E-state index contributed by atoms with van der Waals surface area (Å²) in [6, 6.07) is 8.82. The van der Waals surface area contributed by atoms with Gasteiger partial charge in [0.15, 0.2) is 5.78 Å². The van der Waals surface area contributed by atoms with Crippen molar-refractivity contribution in [2.45, 2.75) is 38.3 Å². The van der Waals surface area contributed by atoms with Crippen molar-refractivity contribution in [3.8, 4) is 16.9 Å². The SMILES string of the molecule is O=C(O)C1(C(=O)c2ccc(OCCO)c(-c3cccc(C(F)(F)F)c3)c2)CCCCC1. The number of carbonyl (C=O) groups is 2. The molecule has 0 atom stereocenters. The first kappa shape index (κ1) is 22.8. The van der Waals surface area contributed by atoms with Gasteiger partial charge in [-0.25, -0.2) is 0 Å². The fourth-order valence-electron chi connectivity index (χ4n) is 4.01. The first-order valence-electron chi connectivity index (χ1n) is 10.0. The highest BCUT2D eigenvalue weighted by atomic mass is 19.4. The average Bonchev–Trinajstić information content (AvgIpc) is 2.77. The third-order valence-corrected chi connectivity index (χ3v) is 5.64. The summed E-state index contributed by atoms with van der Waals surface area (Å²) in [5.41, 5.74) is -1.89. The fraction of sp³-hybridized carbons (Fsp3) is 0.391. The smallest absolute Gasteiger partial charge is 0.416 e. The number of hydrogen-bond acceptors (Lipinski definition) is 4. The number of alkyl halides is 3. The van der Waals surface area contributed by atoms with Crippen LogP contribution in [-0.4, -0.2) is 35.2 Å². The fourth-order valence-corrected chi connectivity index (χ4v) is 4.01. The van der Waals surface area contributed by atoms with E-state index in [-0.39, 0.29) is 48.5 Å². The van der Waals surface area contributed by atoms with E-state index in [4.69, 9.17) is 9.84 Å². The van der Waals surface area contributed by atoms with Crippen LogP contribution in [-0.2, 0) is 11.0 Å². The number of hydrogen-bond donors (Lipinski definition) is 2. The minimum Gasteiger partial charge on any atom is -0.491 e. The highest BCUT2D eigenvalue weighted by Gasteiger charge is 2.46. The number of rotatable bonds is 7. The van der Waals surface area contributed by atoms with Gasteiger partial charge in [-0.15, -0.1) is 0 Å². The lowest BCUT2D eigenvalue weighted by Gasteiger charge is -2.31. The highest BCUT2D eigenvalue weighted by molar-refractivity contribution is 6.12. The van der Waals surface area contributed by atoms with Crippen LogP contribution in [0.4, 0.5) is 13.2 Å². The molecule has 2 N–H and O–H groups in total. The molecule has 1 saturated carbocycles. The van der Waals surface area contributed by atoms with Gasteiger partial charge in [0.05, 0.1) is 12.2 Å². The van der Waals surface area contributed by atoms with E-state index in [1.54, 1.807) is 0 Å². The lowest BCUT2D eigenvalue weighted by atomic mass is 9.69. The van der Waals surface area contributed by atoms with E-state index < -0.39 is 28.9 Å². The number of benzene rings is 2. The minimum absolute atomic E-state index is 0.0850. The largest absolute Gasteiger partial charge is 0.491 e. The number of aliphatic hydroxyl groups excluding tert-OH is 1. The lowest BCUT2D eigenvalue weighted by molar-refractivity contribution is -0.147. The molecule has 2 aromatic rings. The number of carboxylic acids is 1. The van der Waals surface area contributed by atoms with Crippen LogP contribution in [0.5, 0.6) is 5.75 Å². The van der Waals surface area contributed by atoms with E-state index in [0.29, 0.717) is 12.8 Å². The van der Waals surface area contributed by atoms with Crippen molar-refractivity contribution in [3.05, 3.63) is 53.6 Å². The standard InChI is InChI=1S/C23H23F3O5/c24-23(25,26)17-6-4-5-15(13-17)18-14-16(7-8-19(18)31-12-11-27)20(28)22(21(29)30)9-2-1-3-10-22/h4-8,13-14,27H,1-3,9-12H2,(H,29,30). The zero-order chi connectivity index (χ0) is 22.6. The molecule has 0 saturated heterocycles. The van der Waals surface area contributed by atoms with Crippen molar-refractivity contribution in [3.63, 3.8) is 0 Å². The van der Waals surface area contributed by atoms with Gasteiger partial charge in [0.2, 0.25) is 0 Å². The van der Waals surface area contributed by atoms with Gasteiger partial charge in [-0.2, -0.15) is 13.2 Å². The van der Waals surface area contributed by atoms with Crippen LogP contribution in [0.2, 0.25) is 0 Å². The van der Waals surface area contributed by atoms with Gasteiger partial charge >= 0.3 is 12.1 Å². The molecule has 0 radical (unpaired) electrons. The molecule has 0 bridgehead atoms. The summed E-state index contributed by atoms with van der Waals surface area (Å²) in [5, 5.41) is 18.9. The summed E-state index contributed by atoms with van der Waals surface area (Å²) in [4.78, 5) is 25.3. The van der Waals surface area contributed by atoms with Crippen LogP contribution >= 0.6 is 0 Å². The Bertz CT molecular complexity index is 962. The van der Waals surface area contributed by atoms with E-state index in [0.717, 1.165) is 18.6 Å². The second-order valence-electron chi connectivity index (χ2n) is 7.64. The van der Waals surface area contributed by atoms with Crippen molar-refractivity contribution in [1.82, 2.24) is 0 Å². The summed E-state index contributed by atoms with van der Waals surface area (Å²) >= 11 is 0. The zero-order valence-corrected chi connectivity index (χ0v) is 16.7. The number of carbonyl (C=O) groups excluding carboxylic acids is 1. The topological polar surface area (TPSA) is 83.8 Å². The molecule has 0 unspecified atom stereocenters. The molecule has 0 amide bonds. The van der Waals surface area contributed by atoms with Crippen LogP contribution in [0.3, 0.4) is 0 Å². The normalized spacial score (nSPS) is 16.0. The van der Waals surface area contributed by atoms with Crippen molar-refractivity contribution in [2.75, 3.05) is 13.2 Å². The van der Waals surface area contributed by atoms with E-state index in [1.807, 2.05) is 0 Å². The van der Waals surface area contributed by atoms with E-state index >= 15 is 0 Å². The number of aliphatic hydroxyl groups is 1. The van der Waals surface area contributed by atoms with Gasteiger partial charge in [0.25, 0.3) is 0 Å². The monoisotopic (exact) mass is 436 g/mol. The van der Waals surface area contributed by atoms with Crippen molar-refractivity contribution < 1.29 is 37.7 Å². The molecule has 5 nitrogen and oxygen atoms in total. The molecular weight excluding hydrogens is 413 g/mol. The average molecular weight is 436 g/mol. The molecule has 1 aliphatic carbocycles. The minimum atomic E-state index is -4.55. The quantitative estimate of drug-likeness (QED) is 0.473.